The number of aliphatic hydroxyl groups is 2. The number of unbranched alkanes of at least 4 members (excludes halogenated alkanes) is 36. The Hall–Kier alpha value is -1.14. The number of nitrogens with one attached hydrogen (secondary N) is 1. The molecule has 0 heterocycles. The van der Waals surface area contributed by atoms with E-state index in [0.29, 0.717) is 19.3 Å². The van der Waals surface area contributed by atoms with Crippen molar-refractivity contribution in [3.8, 4) is 0 Å². The molecule has 0 aliphatic carbocycles. The lowest BCUT2D eigenvalue weighted by molar-refractivity contribution is -0.151. The Bertz CT molecular complexity index is 837. The molecule has 0 rings (SSSR count). The van der Waals surface area contributed by atoms with Gasteiger partial charge < -0.3 is 20.3 Å². The number of hydrogen-bond donors (Lipinski definition) is 3. The normalized spacial score (nSPS) is 13.1. The number of aliphatic hydroxyl groups excluding tert-OH is 2. The first-order chi connectivity index (χ1) is 28.5. The molecule has 346 valence electrons. The number of ether oxygens (including phenoxy) is 1. The maximum atomic E-state index is 13.2. The maximum Gasteiger partial charge on any atom is 0.306 e. The number of esters is 1. The smallest absolute Gasteiger partial charge is 0.306 e. The molecule has 0 spiro atoms. The molecule has 0 saturated heterocycles. The average Bonchev–Trinajstić information content (AvgIpc) is 3.22. The molecule has 58 heavy (non-hydrogen) atoms. The highest BCUT2D eigenvalue weighted by Crippen LogP contribution is 2.19. The summed E-state index contributed by atoms with van der Waals surface area (Å²) >= 11 is 0. The van der Waals surface area contributed by atoms with Crippen molar-refractivity contribution >= 4 is 11.9 Å². The van der Waals surface area contributed by atoms with Crippen molar-refractivity contribution in [3.05, 3.63) is 0 Å². The molecule has 0 saturated carbocycles. The van der Waals surface area contributed by atoms with E-state index < -0.39 is 18.2 Å². The van der Waals surface area contributed by atoms with Crippen LogP contribution in [0.3, 0.4) is 0 Å². The van der Waals surface area contributed by atoms with Crippen LogP contribution >= 0.6 is 0 Å². The third kappa shape index (κ3) is 41.6. The Morgan fingerprint density at radius 2 is 0.724 bits per heavy atom. The van der Waals surface area contributed by atoms with Crippen molar-refractivity contribution in [1.29, 1.82) is 0 Å². The van der Waals surface area contributed by atoms with Gasteiger partial charge in [-0.25, -0.2) is 0 Å². The van der Waals surface area contributed by atoms with Gasteiger partial charge in [0, 0.05) is 6.42 Å². The van der Waals surface area contributed by atoms with Crippen LogP contribution in [0.4, 0.5) is 0 Å². The van der Waals surface area contributed by atoms with Gasteiger partial charge in [-0.15, -0.1) is 0 Å². The summed E-state index contributed by atoms with van der Waals surface area (Å²) < 4.78 is 5.94. The second-order valence-corrected chi connectivity index (χ2v) is 18.3. The van der Waals surface area contributed by atoms with Gasteiger partial charge in [-0.2, -0.15) is 0 Å². The second-order valence-electron chi connectivity index (χ2n) is 18.3. The summed E-state index contributed by atoms with van der Waals surface area (Å²) in [6.45, 7) is 6.50. The van der Waals surface area contributed by atoms with Crippen molar-refractivity contribution in [2.75, 3.05) is 6.61 Å². The van der Waals surface area contributed by atoms with E-state index in [-0.39, 0.29) is 24.9 Å². The van der Waals surface area contributed by atoms with Crippen LogP contribution in [0.2, 0.25) is 0 Å². The Morgan fingerprint density at radius 1 is 0.431 bits per heavy atom. The number of hydrogen-bond acceptors (Lipinski definition) is 5. The lowest BCUT2D eigenvalue weighted by Crippen LogP contribution is -2.46. The first-order valence-electron chi connectivity index (χ1n) is 26.3. The zero-order valence-electron chi connectivity index (χ0n) is 39.5. The fourth-order valence-corrected chi connectivity index (χ4v) is 8.43. The Balaban J connectivity index is 4.50. The molecule has 3 unspecified atom stereocenters. The molecule has 0 aliphatic rings. The predicted molar refractivity (Wildman–Crippen MR) is 250 cm³/mol. The summed E-state index contributed by atoms with van der Waals surface area (Å²) in [7, 11) is 0. The quantitative estimate of drug-likeness (QED) is 0.0420. The van der Waals surface area contributed by atoms with E-state index in [1.54, 1.807) is 0 Å². The van der Waals surface area contributed by atoms with Crippen LogP contribution in [0, 0.1) is 0 Å². The van der Waals surface area contributed by atoms with Gasteiger partial charge in [0.15, 0.2) is 0 Å². The maximum absolute atomic E-state index is 13.2. The Morgan fingerprint density at radius 3 is 1.05 bits per heavy atom. The average molecular weight is 822 g/mol. The number of amides is 1. The molecule has 1 amide bonds. The second kappa shape index (κ2) is 46.9. The Kier molecular flexibility index (Phi) is 46.0. The van der Waals surface area contributed by atoms with Crippen molar-refractivity contribution < 1.29 is 24.5 Å². The molecular weight excluding hydrogens is 719 g/mol. The Labute approximate surface area is 362 Å². The topological polar surface area (TPSA) is 95.9 Å². The van der Waals surface area contributed by atoms with Gasteiger partial charge in [-0.3, -0.25) is 9.59 Å². The van der Waals surface area contributed by atoms with Gasteiger partial charge in [0.05, 0.1) is 25.2 Å². The van der Waals surface area contributed by atoms with Crippen LogP contribution < -0.4 is 5.32 Å². The largest absolute Gasteiger partial charge is 0.462 e. The van der Waals surface area contributed by atoms with E-state index in [4.69, 9.17) is 4.74 Å². The summed E-state index contributed by atoms with van der Waals surface area (Å²) in [5.41, 5.74) is 0. The van der Waals surface area contributed by atoms with Crippen LogP contribution in [-0.2, 0) is 14.3 Å². The highest BCUT2D eigenvalue weighted by atomic mass is 16.5. The molecule has 3 atom stereocenters. The molecule has 0 bridgehead atoms. The number of rotatable bonds is 48. The van der Waals surface area contributed by atoms with Crippen LogP contribution in [0.1, 0.15) is 297 Å². The summed E-state index contributed by atoms with van der Waals surface area (Å²) in [5.74, 6) is -0.450. The molecule has 0 aliphatic heterocycles. The molecule has 6 heteroatoms. The van der Waals surface area contributed by atoms with E-state index in [9.17, 15) is 19.8 Å². The van der Waals surface area contributed by atoms with Gasteiger partial charge >= 0.3 is 5.97 Å². The van der Waals surface area contributed by atoms with Crippen molar-refractivity contribution in [2.45, 2.75) is 315 Å². The molecule has 0 aromatic carbocycles. The monoisotopic (exact) mass is 822 g/mol. The molecule has 0 radical (unpaired) electrons. The molecule has 0 aromatic heterocycles. The zero-order chi connectivity index (χ0) is 42.4. The summed E-state index contributed by atoms with van der Waals surface area (Å²) in [4.78, 5) is 26.1. The van der Waals surface area contributed by atoms with Crippen molar-refractivity contribution in [1.82, 2.24) is 5.32 Å². The fraction of sp³-hybridized carbons (Fsp3) is 0.962. The molecule has 6 nitrogen and oxygen atoms in total. The van der Waals surface area contributed by atoms with Crippen LogP contribution in [-0.4, -0.2) is 46.9 Å². The molecule has 0 fully saturated rings. The van der Waals surface area contributed by atoms with E-state index in [0.717, 1.165) is 38.5 Å². The van der Waals surface area contributed by atoms with Gasteiger partial charge in [-0.05, 0) is 25.7 Å². The molecular formula is C52H103NO5. The van der Waals surface area contributed by atoms with E-state index in [1.807, 2.05) is 0 Å². The van der Waals surface area contributed by atoms with E-state index in [1.165, 1.54) is 212 Å². The standard InChI is InChI=1S/C52H103NO5/c1-4-7-10-13-16-19-21-23-25-27-29-32-34-37-40-43-48(46-51(56)53-49(47-54)50(55)44-41-38-35-31-18-15-12-9-6-3)58-52(57)45-42-39-36-33-30-28-26-24-22-20-17-14-11-8-5-2/h48-50,54-55H,4-47H2,1-3H3,(H,53,56). The van der Waals surface area contributed by atoms with Crippen LogP contribution in [0.25, 0.3) is 0 Å². The van der Waals surface area contributed by atoms with Crippen molar-refractivity contribution in [2.24, 2.45) is 0 Å². The fourth-order valence-electron chi connectivity index (χ4n) is 8.43. The SMILES string of the molecule is CCCCCCCCCCCCCCCCCC(=O)OC(CCCCCCCCCCCCCCCCC)CC(=O)NC(CO)C(O)CCCCCCCCCCC. The minimum Gasteiger partial charge on any atom is -0.462 e. The van der Waals surface area contributed by atoms with Crippen LogP contribution in [0.15, 0.2) is 0 Å². The summed E-state index contributed by atoms with van der Waals surface area (Å²) in [5, 5.41) is 23.7. The number of carbonyl (C=O) groups excluding carboxylic acids is 2. The number of carbonyl (C=O) groups is 2. The van der Waals surface area contributed by atoms with Gasteiger partial charge in [0.2, 0.25) is 5.91 Å². The van der Waals surface area contributed by atoms with Gasteiger partial charge in [-0.1, -0.05) is 258 Å². The lowest BCUT2D eigenvalue weighted by atomic mass is 10.0. The summed E-state index contributed by atoms with van der Waals surface area (Å²) in [6, 6.07) is -0.691. The lowest BCUT2D eigenvalue weighted by Gasteiger charge is -2.24. The minimum atomic E-state index is -0.778. The van der Waals surface area contributed by atoms with Gasteiger partial charge in [0.25, 0.3) is 0 Å². The third-order valence-electron chi connectivity index (χ3n) is 12.4. The molecule has 3 N–H and O–H groups in total. The third-order valence-corrected chi connectivity index (χ3v) is 12.4. The highest BCUT2D eigenvalue weighted by molar-refractivity contribution is 5.77. The van der Waals surface area contributed by atoms with Gasteiger partial charge in [0.1, 0.15) is 6.10 Å². The van der Waals surface area contributed by atoms with E-state index >= 15 is 0 Å². The van der Waals surface area contributed by atoms with E-state index in [2.05, 4.69) is 26.1 Å². The minimum absolute atomic E-state index is 0.0878. The predicted octanol–water partition coefficient (Wildman–Crippen LogP) is 15.6. The highest BCUT2D eigenvalue weighted by Gasteiger charge is 2.24. The first-order valence-corrected chi connectivity index (χ1v) is 26.3. The zero-order valence-corrected chi connectivity index (χ0v) is 39.5. The first kappa shape index (κ1) is 56.9. The van der Waals surface area contributed by atoms with Crippen molar-refractivity contribution in [3.63, 3.8) is 0 Å². The van der Waals surface area contributed by atoms with Crippen LogP contribution in [0.5, 0.6) is 0 Å². The molecule has 0 aromatic rings. The summed E-state index contributed by atoms with van der Waals surface area (Å²) in [6.07, 6.45) is 50.2.